The van der Waals surface area contributed by atoms with Crippen LogP contribution in [0.25, 0.3) is 0 Å². The lowest BCUT2D eigenvalue weighted by Crippen LogP contribution is -2.39. The molecule has 23 heavy (non-hydrogen) atoms. The van der Waals surface area contributed by atoms with E-state index in [0.717, 1.165) is 11.1 Å². The zero-order chi connectivity index (χ0) is 15.8. The van der Waals surface area contributed by atoms with E-state index in [0.29, 0.717) is 25.4 Å². The maximum Gasteiger partial charge on any atom is 0.251 e. The minimum Gasteiger partial charge on any atom is -0.309 e. The summed E-state index contributed by atoms with van der Waals surface area (Å²) in [4.78, 5) is 32.0. The molecule has 2 amide bonds. The third-order valence-electron chi connectivity index (χ3n) is 4.32. The minimum atomic E-state index is -0.386. The van der Waals surface area contributed by atoms with E-state index >= 15 is 0 Å². The van der Waals surface area contributed by atoms with Gasteiger partial charge in [0.2, 0.25) is 5.91 Å². The molecule has 0 spiro atoms. The molecule has 1 N–H and O–H groups in total. The Kier molecular flexibility index (Phi) is 3.34. The Morgan fingerprint density at radius 3 is 2.91 bits per heavy atom. The van der Waals surface area contributed by atoms with Crippen LogP contribution in [0.2, 0.25) is 0 Å². The van der Waals surface area contributed by atoms with Gasteiger partial charge in [-0.1, -0.05) is 24.3 Å². The number of H-pyrrole nitrogens is 1. The highest BCUT2D eigenvalue weighted by Gasteiger charge is 2.38. The van der Waals surface area contributed by atoms with Gasteiger partial charge in [0.05, 0.1) is 24.3 Å². The van der Waals surface area contributed by atoms with Gasteiger partial charge in [0, 0.05) is 19.2 Å². The van der Waals surface area contributed by atoms with Gasteiger partial charge < -0.3 is 4.90 Å². The van der Waals surface area contributed by atoms with Crippen LogP contribution in [-0.4, -0.2) is 33.6 Å². The Hall–Kier alpha value is -2.67. The SMILES string of the molecule is O=C(C1CC(=O)N(c2cn[nH]c2)C1)N1Cc2ccccc2CO1. The van der Waals surface area contributed by atoms with Crippen molar-refractivity contribution in [3.05, 3.63) is 47.8 Å². The third-order valence-corrected chi connectivity index (χ3v) is 4.32. The van der Waals surface area contributed by atoms with Crippen molar-refractivity contribution in [3.63, 3.8) is 0 Å². The summed E-state index contributed by atoms with van der Waals surface area (Å²) in [5.74, 6) is -0.594. The van der Waals surface area contributed by atoms with Gasteiger partial charge in [-0.2, -0.15) is 5.10 Å². The molecule has 2 aliphatic heterocycles. The number of amides is 2. The molecule has 1 unspecified atom stereocenters. The van der Waals surface area contributed by atoms with Gasteiger partial charge in [-0.3, -0.25) is 19.5 Å². The molecule has 1 fully saturated rings. The van der Waals surface area contributed by atoms with Crippen LogP contribution < -0.4 is 4.90 Å². The Balaban J connectivity index is 1.47. The van der Waals surface area contributed by atoms with E-state index in [1.165, 1.54) is 5.06 Å². The zero-order valence-electron chi connectivity index (χ0n) is 12.4. The van der Waals surface area contributed by atoms with Crippen molar-refractivity contribution >= 4 is 17.5 Å². The molecule has 1 atom stereocenters. The summed E-state index contributed by atoms with van der Waals surface area (Å²) in [6.45, 7) is 1.16. The molecule has 0 aliphatic carbocycles. The predicted octanol–water partition coefficient (Wildman–Crippen LogP) is 1.24. The molecule has 118 valence electrons. The second-order valence-electron chi connectivity index (χ2n) is 5.78. The monoisotopic (exact) mass is 312 g/mol. The summed E-state index contributed by atoms with van der Waals surface area (Å²) in [7, 11) is 0. The van der Waals surface area contributed by atoms with E-state index in [1.807, 2.05) is 24.3 Å². The van der Waals surface area contributed by atoms with E-state index in [1.54, 1.807) is 17.3 Å². The average Bonchev–Trinajstić information content (AvgIpc) is 3.23. The van der Waals surface area contributed by atoms with Crippen LogP contribution in [0.15, 0.2) is 36.7 Å². The molecule has 3 heterocycles. The van der Waals surface area contributed by atoms with E-state index in [-0.39, 0.29) is 24.2 Å². The molecule has 0 bridgehead atoms. The molecule has 1 saturated heterocycles. The Morgan fingerprint density at radius 1 is 1.30 bits per heavy atom. The molecular formula is C16H16N4O3. The van der Waals surface area contributed by atoms with Gasteiger partial charge in [0.25, 0.3) is 5.91 Å². The Labute approximate surface area is 132 Å². The van der Waals surface area contributed by atoms with Gasteiger partial charge >= 0.3 is 0 Å². The van der Waals surface area contributed by atoms with E-state index in [4.69, 9.17) is 4.84 Å². The van der Waals surface area contributed by atoms with Gasteiger partial charge in [-0.05, 0) is 11.1 Å². The van der Waals surface area contributed by atoms with Crippen molar-refractivity contribution in [2.45, 2.75) is 19.6 Å². The summed E-state index contributed by atoms with van der Waals surface area (Å²) in [6, 6.07) is 7.90. The molecule has 7 nitrogen and oxygen atoms in total. The van der Waals surface area contributed by atoms with Crippen molar-refractivity contribution in [1.29, 1.82) is 0 Å². The maximum absolute atomic E-state index is 12.7. The first kappa shape index (κ1) is 14.0. The molecule has 7 heteroatoms. The number of carbonyl (C=O) groups is 2. The van der Waals surface area contributed by atoms with Crippen molar-refractivity contribution in [3.8, 4) is 0 Å². The van der Waals surface area contributed by atoms with Crippen LogP contribution in [0.3, 0.4) is 0 Å². The number of hydrogen-bond acceptors (Lipinski definition) is 4. The number of hydroxylamine groups is 2. The summed E-state index contributed by atoms with van der Waals surface area (Å²) < 4.78 is 0. The highest BCUT2D eigenvalue weighted by Crippen LogP contribution is 2.28. The van der Waals surface area contributed by atoms with Crippen LogP contribution in [0.5, 0.6) is 0 Å². The number of carbonyl (C=O) groups excluding carboxylic acids is 2. The van der Waals surface area contributed by atoms with Gasteiger partial charge in [-0.25, -0.2) is 5.06 Å². The first-order valence-corrected chi connectivity index (χ1v) is 7.52. The van der Waals surface area contributed by atoms with Crippen LogP contribution >= 0.6 is 0 Å². The van der Waals surface area contributed by atoms with Crippen molar-refractivity contribution < 1.29 is 14.4 Å². The predicted molar refractivity (Wildman–Crippen MR) is 80.8 cm³/mol. The van der Waals surface area contributed by atoms with Crippen LogP contribution in [-0.2, 0) is 27.6 Å². The summed E-state index contributed by atoms with van der Waals surface area (Å²) in [6.07, 6.45) is 3.43. The average molecular weight is 312 g/mol. The number of benzene rings is 1. The number of hydrogen-bond donors (Lipinski definition) is 1. The summed E-state index contributed by atoms with van der Waals surface area (Å²) in [5, 5.41) is 7.92. The summed E-state index contributed by atoms with van der Waals surface area (Å²) in [5.41, 5.74) is 2.87. The largest absolute Gasteiger partial charge is 0.309 e. The van der Waals surface area contributed by atoms with Crippen LogP contribution in [0, 0.1) is 5.92 Å². The molecule has 4 rings (SSSR count). The van der Waals surface area contributed by atoms with Gasteiger partial charge in [0.1, 0.15) is 6.61 Å². The molecule has 2 aromatic rings. The lowest BCUT2D eigenvalue weighted by Gasteiger charge is -2.29. The number of rotatable bonds is 2. The van der Waals surface area contributed by atoms with E-state index < -0.39 is 0 Å². The fraction of sp³-hybridized carbons (Fsp3) is 0.312. The lowest BCUT2D eigenvalue weighted by molar-refractivity contribution is -0.204. The van der Waals surface area contributed by atoms with Crippen LogP contribution in [0.1, 0.15) is 17.5 Å². The first-order valence-electron chi connectivity index (χ1n) is 7.52. The minimum absolute atomic E-state index is 0.0674. The van der Waals surface area contributed by atoms with Gasteiger partial charge in [-0.15, -0.1) is 0 Å². The smallest absolute Gasteiger partial charge is 0.251 e. The molecule has 0 radical (unpaired) electrons. The Bertz CT molecular complexity index is 744. The quantitative estimate of drug-likeness (QED) is 0.905. The molecule has 1 aromatic heterocycles. The standard InChI is InChI=1S/C16H16N4O3/c21-15-5-13(8-19(15)14-6-17-18-7-14)16(22)20-9-11-3-1-2-4-12(11)10-23-20/h1-4,6-7,13H,5,8-10H2,(H,17,18). The van der Waals surface area contributed by atoms with Crippen molar-refractivity contribution in [1.82, 2.24) is 15.3 Å². The van der Waals surface area contributed by atoms with E-state index in [2.05, 4.69) is 10.2 Å². The highest BCUT2D eigenvalue weighted by molar-refractivity contribution is 6.00. The topological polar surface area (TPSA) is 78.5 Å². The second kappa shape index (κ2) is 5.51. The normalized spacial score (nSPS) is 20.7. The maximum atomic E-state index is 12.7. The van der Waals surface area contributed by atoms with Crippen molar-refractivity contribution in [2.24, 2.45) is 5.92 Å². The van der Waals surface area contributed by atoms with Gasteiger partial charge in [0.15, 0.2) is 0 Å². The number of fused-ring (bicyclic) bond motifs is 1. The summed E-state index contributed by atoms with van der Waals surface area (Å²) >= 11 is 0. The zero-order valence-corrected chi connectivity index (χ0v) is 12.4. The lowest BCUT2D eigenvalue weighted by atomic mass is 10.0. The number of nitrogens with zero attached hydrogens (tertiary/aromatic N) is 3. The number of aromatic nitrogens is 2. The molecular weight excluding hydrogens is 296 g/mol. The molecule has 0 saturated carbocycles. The highest BCUT2D eigenvalue weighted by atomic mass is 16.7. The fourth-order valence-corrected chi connectivity index (χ4v) is 3.06. The number of anilines is 1. The molecule has 1 aromatic carbocycles. The van der Waals surface area contributed by atoms with Crippen LogP contribution in [0.4, 0.5) is 5.69 Å². The van der Waals surface area contributed by atoms with Crippen molar-refractivity contribution in [2.75, 3.05) is 11.4 Å². The second-order valence-corrected chi connectivity index (χ2v) is 5.78. The first-order chi connectivity index (χ1) is 11.2. The van der Waals surface area contributed by atoms with E-state index in [9.17, 15) is 9.59 Å². The number of nitrogens with one attached hydrogen (secondary N) is 1. The fourth-order valence-electron chi connectivity index (χ4n) is 3.06. The number of aromatic amines is 1. The Morgan fingerprint density at radius 2 is 2.13 bits per heavy atom. The third kappa shape index (κ3) is 2.49. The molecule has 2 aliphatic rings.